The number of amides is 1. The van der Waals surface area contributed by atoms with Crippen molar-refractivity contribution < 1.29 is 22.7 Å². The minimum Gasteiger partial charge on any atom is -0.497 e. The monoisotopic (exact) mass is 474 g/mol. The molecule has 0 bridgehead atoms. The zero-order valence-electron chi connectivity index (χ0n) is 17.8. The molecule has 0 aliphatic heterocycles. The van der Waals surface area contributed by atoms with Crippen LogP contribution in [0.15, 0.2) is 71.6 Å². The maximum atomic E-state index is 13.5. The minimum atomic E-state index is -4.08. The summed E-state index contributed by atoms with van der Waals surface area (Å²) in [7, 11) is -1.17. The normalized spacial score (nSPS) is 11.0. The van der Waals surface area contributed by atoms with Crippen molar-refractivity contribution in [1.82, 2.24) is 0 Å². The van der Waals surface area contributed by atoms with Gasteiger partial charge in [-0.05, 0) is 48.9 Å². The van der Waals surface area contributed by atoms with Gasteiger partial charge in [-0.1, -0.05) is 35.9 Å². The Morgan fingerprint density at radius 3 is 2.34 bits per heavy atom. The molecule has 9 heteroatoms. The standard InChI is InChI=1S/C23H23ClN2O5S/c1-16-9-10-17(13-20(16)24)25-23(27)15-26(32(28,29)19-7-5-4-6-8-19)21-12-11-18(30-2)14-22(21)31-3/h4-14H,15H2,1-3H3,(H,25,27). The number of methoxy groups -OCH3 is 2. The molecule has 0 saturated heterocycles. The van der Waals surface area contributed by atoms with E-state index in [9.17, 15) is 13.2 Å². The highest BCUT2D eigenvalue weighted by Crippen LogP contribution is 2.35. The third-order valence-corrected chi connectivity index (χ3v) is 6.91. The molecule has 7 nitrogen and oxygen atoms in total. The average molecular weight is 475 g/mol. The van der Waals surface area contributed by atoms with Gasteiger partial charge in [-0.3, -0.25) is 9.10 Å². The molecule has 168 valence electrons. The molecule has 0 unspecified atom stereocenters. The molecule has 0 aromatic heterocycles. The first-order chi connectivity index (χ1) is 15.3. The summed E-state index contributed by atoms with van der Waals surface area (Å²) < 4.78 is 38.6. The van der Waals surface area contributed by atoms with Crippen molar-refractivity contribution in [3.63, 3.8) is 0 Å². The van der Waals surface area contributed by atoms with Crippen molar-refractivity contribution in [3.8, 4) is 11.5 Å². The molecule has 0 atom stereocenters. The van der Waals surface area contributed by atoms with E-state index in [1.54, 1.807) is 48.5 Å². The average Bonchev–Trinajstić information content (AvgIpc) is 2.80. The van der Waals surface area contributed by atoms with Crippen LogP contribution in [0.1, 0.15) is 5.56 Å². The first-order valence-corrected chi connectivity index (χ1v) is 11.4. The van der Waals surface area contributed by atoms with Crippen LogP contribution >= 0.6 is 11.6 Å². The molecular weight excluding hydrogens is 452 g/mol. The summed E-state index contributed by atoms with van der Waals surface area (Å²) in [6.45, 7) is 1.36. The minimum absolute atomic E-state index is 0.0454. The van der Waals surface area contributed by atoms with Gasteiger partial charge in [0.1, 0.15) is 18.0 Å². The second-order valence-electron chi connectivity index (χ2n) is 6.87. The number of rotatable bonds is 8. The maximum absolute atomic E-state index is 13.5. The smallest absolute Gasteiger partial charge is 0.264 e. The summed E-state index contributed by atoms with van der Waals surface area (Å²) in [5.74, 6) is 0.193. The third kappa shape index (κ3) is 5.15. The lowest BCUT2D eigenvalue weighted by molar-refractivity contribution is -0.114. The number of sulfonamides is 1. The number of anilines is 2. The summed E-state index contributed by atoms with van der Waals surface area (Å²) in [6, 6.07) is 17.6. The highest BCUT2D eigenvalue weighted by molar-refractivity contribution is 7.92. The Morgan fingerprint density at radius 1 is 1.00 bits per heavy atom. The van der Waals surface area contributed by atoms with Gasteiger partial charge in [0.05, 0.1) is 24.8 Å². The van der Waals surface area contributed by atoms with Gasteiger partial charge in [0, 0.05) is 16.8 Å². The van der Waals surface area contributed by atoms with Crippen LogP contribution in [0.3, 0.4) is 0 Å². The van der Waals surface area contributed by atoms with Crippen molar-refractivity contribution >= 4 is 38.9 Å². The first kappa shape index (κ1) is 23.4. The number of hydrogen-bond donors (Lipinski definition) is 1. The molecule has 0 saturated carbocycles. The summed E-state index contributed by atoms with van der Waals surface area (Å²) in [5.41, 5.74) is 1.53. The van der Waals surface area contributed by atoms with E-state index in [1.807, 2.05) is 6.92 Å². The topological polar surface area (TPSA) is 84.9 Å². The van der Waals surface area contributed by atoms with Crippen LogP contribution < -0.4 is 19.1 Å². The number of hydrogen-bond acceptors (Lipinski definition) is 5. The predicted molar refractivity (Wildman–Crippen MR) is 125 cm³/mol. The molecule has 3 rings (SSSR count). The Bertz CT molecular complexity index is 1220. The quantitative estimate of drug-likeness (QED) is 0.519. The zero-order chi connectivity index (χ0) is 23.3. The summed E-state index contributed by atoms with van der Waals surface area (Å²) in [6.07, 6.45) is 0. The maximum Gasteiger partial charge on any atom is 0.264 e. The number of benzene rings is 3. The van der Waals surface area contributed by atoms with E-state index in [2.05, 4.69) is 5.32 Å². The second-order valence-corrected chi connectivity index (χ2v) is 9.14. The molecule has 1 N–H and O–H groups in total. The number of carbonyl (C=O) groups is 1. The van der Waals surface area contributed by atoms with Crippen molar-refractivity contribution in [3.05, 3.63) is 77.3 Å². The molecule has 3 aromatic carbocycles. The van der Waals surface area contributed by atoms with Crippen molar-refractivity contribution in [2.45, 2.75) is 11.8 Å². The Labute approximate surface area is 192 Å². The largest absolute Gasteiger partial charge is 0.497 e. The Balaban J connectivity index is 2.01. The van der Waals surface area contributed by atoms with Crippen LogP contribution in [-0.2, 0) is 14.8 Å². The Morgan fingerprint density at radius 2 is 1.72 bits per heavy atom. The SMILES string of the molecule is COc1ccc(N(CC(=O)Nc2ccc(C)c(Cl)c2)S(=O)(=O)c2ccccc2)c(OC)c1. The van der Waals surface area contributed by atoms with E-state index in [1.165, 1.54) is 32.4 Å². The van der Waals surface area contributed by atoms with Gasteiger partial charge < -0.3 is 14.8 Å². The van der Waals surface area contributed by atoms with E-state index in [4.69, 9.17) is 21.1 Å². The van der Waals surface area contributed by atoms with Gasteiger partial charge in [-0.25, -0.2) is 8.42 Å². The fourth-order valence-electron chi connectivity index (χ4n) is 3.01. The van der Waals surface area contributed by atoms with E-state index >= 15 is 0 Å². The number of nitrogens with one attached hydrogen (secondary N) is 1. The van der Waals surface area contributed by atoms with Crippen molar-refractivity contribution in [2.75, 3.05) is 30.4 Å². The molecule has 3 aromatic rings. The number of halogens is 1. The fourth-order valence-corrected chi connectivity index (χ4v) is 4.64. The van der Waals surface area contributed by atoms with E-state index in [0.717, 1.165) is 9.87 Å². The van der Waals surface area contributed by atoms with Crippen molar-refractivity contribution in [2.24, 2.45) is 0 Å². The van der Waals surface area contributed by atoms with Crippen LogP contribution in [0.4, 0.5) is 11.4 Å². The number of carbonyl (C=O) groups excluding carboxylic acids is 1. The Hall–Kier alpha value is -3.23. The van der Waals surface area contributed by atoms with Gasteiger partial charge in [0.15, 0.2) is 0 Å². The van der Waals surface area contributed by atoms with Gasteiger partial charge >= 0.3 is 0 Å². The van der Waals surface area contributed by atoms with Crippen molar-refractivity contribution in [1.29, 1.82) is 0 Å². The molecule has 0 fully saturated rings. The molecule has 0 radical (unpaired) electrons. The van der Waals surface area contributed by atoms with E-state index < -0.39 is 22.5 Å². The van der Waals surface area contributed by atoms with Crippen LogP contribution in [0.5, 0.6) is 11.5 Å². The lowest BCUT2D eigenvalue weighted by Gasteiger charge is -2.26. The zero-order valence-corrected chi connectivity index (χ0v) is 19.4. The number of nitrogens with zero attached hydrogens (tertiary/aromatic N) is 1. The lowest BCUT2D eigenvalue weighted by Crippen LogP contribution is -2.38. The van der Waals surface area contributed by atoms with Gasteiger partial charge in [0.2, 0.25) is 5.91 Å². The summed E-state index contributed by atoms with van der Waals surface area (Å²) >= 11 is 6.13. The van der Waals surface area contributed by atoms with Crippen LogP contribution in [-0.4, -0.2) is 35.1 Å². The van der Waals surface area contributed by atoms with Crippen LogP contribution in [0.2, 0.25) is 5.02 Å². The fraction of sp³-hybridized carbons (Fsp3) is 0.174. The van der Waals surface area contributed by atoms with Crippen LogP contribution in [0, 0.1) is 6.92 Å². The van der Waals surface area contributed by atoms with Gasteiger partial charge in [-0.2, -0.15) is 0 Å². The first-order valence-electron chi connectivity index (χ1n) is 9.62. The number of aryl methyl sites for hydroxylation is 1. The molecule has 0 heterocycles. The molecular formula is C23H23ClN2O5S. The summed E-state index contributed by atoms with van der Waals surface area (Å²) in [5, 5.41) is 3.19. The van der Waals surface area contributed by atoms with Gasteiger partial charge in [0.25, 0.3) is 10.0 Å². The highest BCUT2D eigenvalue weighted by atomic mass is 35.5. The van der Waals surface area contributed by atoms with Crippen LogP contribution in [0.25, 0.3) is 0 Å². The number of ether oxygens (including phenoxy) is 2. The second kappa shape index (κ2) is 9.93. The highest BCUT2D eigenvalue weighted by Gasteiger charge is 2.29. The third-order valence-electron chi connectivity index (χ3n) is 4.73. The molecule has 1 amide bonds. The molecule has 0 spiro atoms. The van der Waals surface area contributed by atoms with E-state index in [-0.39, 0.29) is 16.3 Å². The van der Waals surface area contributed by atoms with E-state index in [0.29, 0.717) is 16.5 Å². The molecule has 0 aliphatic rings. The Kier molecular flexibility index (Phi) is 7.27. The summed E-state index contributed by atoms with van der Waals surface area (Å²) in [4.78, 5) is 12.9. The molecule has 0 aliphatic carbocycles. The molecule has 32 heavy (non-hydrogen) atoms. The lowest BCUT2D eigenvalue weighted by atomic mass is 10.2. The predicted octanol–water partition coefficient (Wildman–Crippen LogP) is 4.50. The van der Waals surface area contributed by atoms with Gasteiger partial charge in [-0.15, -0.1) is 0 Å².